The highest BCUT2D eigenvalue weighted by atomic mass is 16.4. The van der Waals surface area contributed by atoms with Crippen molar-refractivity contribution in [1.29, 1.82) is 0 Å². The van der Waals surface area contributed by atoms with Crippen molar-refractivity contribution in [2.24, 2.45) is 18.9 Å². The van der Waals surface area contributed by atoms with Gasteiger partial charge in [-0.05, 0) is 43.4 Å². The van der Waals surface area contributed by atoms with Crippen LogP contribution in [0.1, 0.15) is 43.1 Å². The number of para-hydroxylation sites is 2. The first-order valence-electron chi connectivity index (χ1n) is 10.0. The highest BCUT2D eigenvalue weighted by molar-refractivity contribution is 5.81. The lowest BCUT2D eigenvalue weighted by Crippen LogP contribution is -2.37. The molecule has 4 rings (SSSR count). The molecule has 1 unspecified atom stereocenters. The number of nitrogens with one attached hydrogen (secondary N) is 1. The Labute approximate surface area is 169 Å². The van der Waals surface area contributed by atoms with Crippen LogP contribution in [0.15, 0.2) is 54.6 Å². The average molecular weight is 391 g/mol. The summed E-state index contributed by atoms with van der Waals surface area (Å²) >= 11 is 0. The number of carbonyl (C=O) groups excluding carboxylic acids is 1. The topological polar surface area (TPSA) is 84.2 Å². The van der Waals surface area contributed by atoms with E-state index < -0.39 is 5.97 Å². The summed E-state index contributed by atoms with van der Waals surface area (Å²) in [6.45, 7) is 0. The number of benzene rings is 2. The van der Waals surface area contributed by atoms with E-state index in [1.165, 1.54) is 0 Å². The molecule has 0 aliphatic heterocycles. The summed E-state index contributed by atoms with van der Waals surface area (Å²) in [5, 5.41) is 12.4. The molecule has 6 nitrogen and oxygen atoms in total. The molecule has 2 aromatic carbocycles. The first-order chi connectivity index (χ1) is 14.0. The Bertz CT molecular complexity index is 1020. The van der Waals surface area contributed by atoms with Crippen molar-refractivity contribution in [3.05, 3.63) is 66.0 Å². The molecule has 1 atom stereocenters. The summed E-state index contributed by atoms with van der Waals surface area (Å²) < 4.78 is 2.02. The Hall–Kier alpha value is -3.15. The Morgan fingerprint density at radius 1 is 1.00 bits per heavy atom. The SMILES string of the molecule is Cn1c(C(NC(=O)C2CCC(C(=O)O)CC2)c2ccccc2)nc2ccccc21. The molecule has 1 aliphatic carbocycles. The van der Waals surface area contributed by atoms with Crippen LogP contribution in [-0.4, -0.2) is 26.5 Å². The minimum atomic E-state index is -0.759. The van der Waals surface area contributed by atoms with Crippen LogP contribution in [-0.2, 0) is 16.6 Å². The molecule has 0 bridgehead atoms. The number of amides is 1. The minimum Gasteiger partial charge on any atom is -0.481 e. The molecule has 1 aromatic heterocycles. The predicted octanol–water partition coefficient (Wildman–Crippen LogP) is 3.67. The fourth-order valence-electron chi connectivity index (χ4n) is 4.23. The number of aryl methyl sites for hydroxylation is 1. The van der Waals surface area contributed by atoms with Gasteiger partial charge in [-0.25, -0.2) is 4.98 Å². The number of carboxylic acids is 1. The summed E-state index contributed by atoms with van der Waals surface area (Å²) in [7, 11) is 1.96. The highest BCUT2D eigenvalue weighted by Gasteiger charge is 2.32. The molecule has 2 N–H and O–H groups in total. The zero-order valence-electron chi connectivity index (χ0n) is 16.4. The summed E-state index contributed by atoms with van der Waals surface area (Å²) in [5.41, 5.74) is 2.88. The Balaban J connectivity index is 1.61. The Morgan fingerprint density at radius 3 is 2.28 bits per heavy atom. The molecular weight excluding hydrogens is 366 g/mol. The highest BCUT2D eigenvalue weighted by Crippen LogP contribution is 2.31. The van der Waals surface area contributed by atoms with Gasteiger partial charge in [-0.15, -0.1) is 0 Å². The van der Waals surface area contributed by atoms with Crippen LogP contribution in [0.5, 0.6) is 0 Å². The average Bonchev–Trinajstić information content (AvgIpc) is 3.09. The van der Waals surface area contributed by atoms with E-state index in [1.807, 2.05) is 66.2 Å². The molecule has 1 saturated carbocycles. The third kappa shape index (κ3) is 3.88. The van der Waals surface area contributed by atoms with Gasteiger partial charge in [-0.2, -0.15) is 0 Å². The number of carbonyl (C=O) groups is 2. The van der Waals surface area contributed by atoms with Crippen molar-refractivity contribution < 1.29 is 14.7 Å². The second-order valence-electron chi connectivity index (χ2n) is 7.76. The second kappa shape index (κ2) is 8.07. The molecule has 1 amide bonds. The number of aromatic nitrogens is 2. The number of imidazole rings is 1. The van der Waals surface area contributed by atoms with E-state index >= 15 is 0 Å². The van der Waals surface area contributed by atoms with Gasteiger partial charge in [-0.3, -0.25) is 9.59 Å². The monoisotopic (exact) mass is 391 g/mol. The standard InChI is InChI=1S/C23H25N3O3/c1-26-19-10-6-5-9-18(19)24-21(26)20(15-7-3-2-4-8-15)25-22(27)16-11-13-17(14-12-16)23(28)29/h2-10,16-17,20H,11-14H2,1H3,(H,25,27)(H,28,29). The van der Waals surface area contributed by atoms with Crippen molar-refractivity contribution in [1.82, 2.24) is 14.9 Å². The largest absolute Gasteiger partial charge is 0.481 e. The second-order valence-corrected chi connectivity index (χ2v) is 7.76. The fourth-order valence-corrected chi connectivity index (χ4v) is 4.23. The molecular formula is C23H25N3O3. The smallest absolute Gasteiger partial charge is 0.306 e. The van der Waals surface area contributed by atoms with E-state index in [4.69, 9.17) is 4.98 Å². The molecule has 1 aliphatic rings. The molecule has 29 heavy (non-hydrogen) atoms. The number of nitrogens with zero attached hydrogens (tertiary/aromatic N) is 2. The summed E-state index contributed by atoms with van der Waals surface area (Å²) in [4.78, 5) is 29.0. The lowest BCUT2D eigenvalue weighted by molar-refractivity contribution is -0.144. The first kappa shape index (κ1) is 19.2. The van der Waals surface area contributed by atoms with E-state index in [2.05, 4.69) is 5.32 Å². The van der Waals surface area contributed by atoms with Gasteiger partial charge in [0.2, 0.25) is 5.91 Å². The lowest BCUT2D eigenvalue weighted by Gasteiger charge is -2.27. The van der Waals surface area contributed by atoms with E-state index in [9.17, 15) is 14.7 Å². The van der Waals surface area contributed by atoms with Gasteiger partial charge in [0.05, 0.1) is 17.0 Å². The number of hydrogen-bond acceptors (Lipinski definition) is 3. The summed E-state index contributed by atoms with van der Waals surface area (Å²) in [6, 6.07) is 17.4. The molecule has 0 radical (unpaired) electrons. The molecule has 150 valence electrons. The third-order valence-corrected chi connectivity index (χ3v) is 5.95. The maximum Gasteiger partial charge on any atom is 0.306 e. The van der Waals surface area contributed by atoms with Crippen molar-refractivity contribution >= 4 is 22.9 Å². The molecule has 6 heteroatoms. The van der Waals surface area contributed by atoms with Gasteiger partial charge in [0.25, 0.3) is 0 Å². The normalized spacial score (nSPS) is 20.3. The van der Waals surface area contributed by atoms with Crippen LogP contribution in [0.4, 0.5) is 0 Å². The van der Waals surface area contributed by atoms with Gasteiger partial charge in [0, 0.05) is 13.0 Å². The van der Waals surface area contributed by atoms with Gasteiger partial charge >= 0.3 is 5.97 Å². The van der Waals surface area contributed by atoms with E-state index in [0.717, 1.165) is 22.4 Å². The Kier molecular flexibility index (Phi) is 5.34. The lowest BCUT2D eigenvalue weighted by atomic mass is 9.81. The number of carboxylic acid groups (broad SMARTS) is 1. The minimum absolute atomic E-state index is 0.0326. The maximum atomic E-state index is 13.1. The van der Waals surface area contributed by atoms with Crippen LogP contribution in [0, 0.1) is 11.8 Å². The third-order valence-electron chi connectivity index (χ3n) is 5.95. The summed E-state index contributed by atoms with van der Waals surface area (Å²) in [5.74, 6) is -0.499. The van der Waals surface area contributed by atoms with E-state index in [-0.39, 0.29) is 23.8 Å². The zero-order chi connectivity index (χ0) is 20.4. The van der Waals surface area contributed by atoms with Gasteiger partial charge in [-0.1, -0.05) is 42.5 Å². The first-order valence-corrected chi connectivity index (χ1v) is 10.0. The summed E-state index contributed by atoms with van der Waals surface area (Å²) in [6.07, 6.45) is 2.31. The van der Waals surface area contributed by atoms with Crippen molar-refractivity contribution in [2.45, 2.75) is 31.7 Å². The molecule has 0 saturated heterocycles. The Morgan fingerprint density at radius 2 is 1.62 bits per heavy atom. The van der Waals surface area contributed by atoms with Crippen molar-refractivity contribution in [2.75, 3.05) is 0 Å². The van der Waals surface area contributed by atoms with Gasteiger partial charge in [0.15, 0.2) is 0 Å². The van der Waals surface area contributed by atoms with Crippen LogP contribution in [0.3, 0.4) is 0 Å². The molecule has 3 aromatic rings. The van der Waals surface area contributed by atoms with Crippen molar-refractivity contribution in [3.63, 3.8) is 0 Å². The van der Waals surface area contributed by atoms with E-state index in [1.54, 1.807) is 0 Å². The molecule has 1 heterocycles. The van der Waals surface area contributed by atoms with Crippen LogP contribution in [0.2, 0.25) is 0 Å². The van der Waals surface area contributed by atoms with Crippen LogP contribution >= 0.6 is 0 Å². The number of rotatable bonds is 5. The van der Waals surface area contributed by atoms with Crippen molar-refractivity contribution in [3.8, 4) is 0 Å². The maximum absolute atomic E-state index is 13.1. The fraction of sp³-hybridized carbons (Fsp3) is 0.348. The number of fused-ring (bicyclic) bond motifs is 1. The van der Waals surface area contributed by atoms with Crippen LogP contribution < -0.4 is 5.32 Å². The number of aliphatic carboxylic acids is 1. The van der Waals surface area contributed by atoms with E-state index in [0.29, 0.717) is 25.7 Å². The van der Waals surface area contributed by atoms with Gasteiger partial charge in [0.1, 0.15) is 11.9 Å². The van der Waals surface area contributed by atoms with Gasteiger partial charge < -0.3 is 15.0 Å². The molecule has 1 fully saturated rings. The zero-order valence-corrected chi connectivity index (χ0v) is 16.4. The quantitative estimate of drug-likeness (QED) is 0.695. The predicted molar refractivity (Wildman–Crippen MR) is 110 cm³/mol. The molecule has 0 spiro atoms. The number of hydrogen-bond donors (Lipinski definition) is 2. The van der Waals surface area contributed by atoms with Crippen LogP contribution in [0.25, 0.3) is 11.0 Å².